The van der Waals surface area contributed by atoms with E-state index in [9.17, 15) is 13.2 Å². The average Bonchev–Trinajstić information content (AvgIpc) is 3.62. The number of aromatic nitrogens is 2. The second-order valence-corrected chi connectivity index (χ2v) is 10.7. The van der Waals surface area contributed by atoms with Gasteiger partial charge >= 0.3 is 0 Å². The van der Waals surface area contributed by atoms with Crippen LogP contribution in [0.4, 0.5) is 11.4 Å². The zero-order chi connectivity index (χ0) is 23.7. The van der Waals surface area contributed by atoms with Gasteiger partial charge in [-0.05, 0) is 48.7 Å². The Labute approximate surface area is 201 Å². The molecular formula is C25H19ClN4O3S. The van der Waals surface area contributed by atoms with Crippen molar-refractivity contribution in [1.82, 2.24) is 9.97 Å². The number of carbonyl (C=O) groups is 1. The highest BCUT2D eigenvalue weighted by Gasteiger charge is 2.59. The minimum absolute atomic E-state index is 0.0516. The summed E-state index contributed by atoms with van der Waals surface area (Å²) in [5, 5.41) is 0.974. The Morgan fingerprint density at radius 2 is 1.76 bits per heavy atom. The van der Waals surface area contributed by atoms with E-state index in [0.29, 0.717) is 5.56 Å². The molecular weight excluding hydrogens is 472 g/mol. The molecule has 3 heterocycles. The van der Waals surface area contributed by atoms with Gasteiger partial charge < -0.3 is 4.90 Å². The van der Waals surface area contributed by atoms with Crippen molar-refractivity contribution in [2.45, 2.75) is 23.2 Å². The summed E-state index contributed by atoms with van der Waals surface area (Å²) in [6.07, 6.45) is 5.04. The molecule has 1 aliphatic carbocycles. The van der Waals surface area contributed by atoms with Crippen LogP contribution in [0.2, 0.25) is 5.15 Å². The Hall–Kier alpha value is -3.49. The minimum atomic E-state index is -3.82. The van der Waals surface area contributed by atoms with E-state index >= 15 is 0 Å². The molecule has 2 aromatic carbocycles. The molecule has 0 saturated heterocycles. The lowest BCUT2D eigenvalue weighted by molar-refractivity contribution is -0.119. The number of rotatable bonds is 4. The summed E-state index contributed by atoms with van der Waals surface area (Å²) in [5.74, 6) is 0.118. The third kappa shape index (κ3) is 3.09. The molecule has 1 fully saturated rings. The molecule has 1 spiro atoms. The van der Waals surface area contributed by atoms with Crippen molar-refractivity contribution in [3.05, 3.63) is 77.7 Å². The number of likely N-dealkylation sites (N-methyl/N-ethyl adjacent to an activating group) is 1. The summed E-state index contributed by atoms with van der Waals surface area (Å²) in [6, 6.07) is 15.5. The first kappa shape index (κ1) is 21.1. The highest BCUT2D eigenvalue weighted by atomic mass is 35.5. The van der Waals surface area contributed by atoms with Crippen LogP contribution in [0, 0.1) is 0 Å². The second-order valence-electron chi connectivity index (χ2n) is 8.68. The molecule has 0 radical (unpaired) electrons. The molecule has 6 rings (SSSR count). The van der Waals surface area contributed by atoms with Gasteiger partial charge in [0.05, 0.1) is 33.4 Å². The van der Waals surface area contributed by atoms with Crippen molar-refractivity contribution in [3.8, 4) is 11.1 Å². The maximum Gasteiger partial charge on any atom is 0.261 e. The first-order valence-electron chi connectivity index (χ1n) is 10.8. The van der Waals surface area contributed by atoms with Crippen LogP contribution in [-0.2, 0) is 20.2 Å². The number of hydrogen-bond donors (Lipinski definition) is 1. The summed E-state index contributed by atoms with van der Waals surface area (Å²) >= 11 is 6.24. The first-order valence-corrected chi connectivity index (χ1v) is 12.6. The molecule has 1 amide bonds. The quantitative estimate of drug-likeness (QED) is 0.416. The van der Waals surface area contributed by atoms with E-state index in [1.807, 2.05) is 18.2 Å². The largest absolute Gasteiger partial charge is 0.313 e. The van der Waals surface area contributed by atoms with Crippen molar-refractivity contribution in [1.29, 1.82) is 0 Å². The van der Waals surface area contributed by atoms with Gasteiger partial charge in [0.1, 0.15) is 0 Å². The number of nitrogens with one attached hydrogen (secondary N) is 1. The number of sulfonamides is 1. The molecule has 9 heteroatoms. The van der Waals surface area contributed by atoms with Gasteiger partial charge in [-0.1, -0.05) is 35.9 Å². The average molecular weight is 491 g/mol. The van der Waals surface area contributed by atoms with Gasteiger partial charge in [-0.2, -0.15) is 0 Å². The van der Waals surface area contributed by atoms with E-state index in [1.165, 1.54) is 12.1 Å². The smallest absolute Gasteiger partial charge is 0.261 e. The van der Waals surface area contributed by atoms with Gasteiger partial charge in [0.25, 0.3) is 10.0 Å². The summed E-state index contributed by atoms with van der Waals surface area (Å²) in [6.45, 7) is 0. The van der Waals surface area contributed by atoms with Crippen LogP contribution in [0.15, 0.2) is 71.9 Å². The van der Waals surface area contributed by atoms with Crippen LogP contribution in [0.5, 0.6) is 0 Å². The second kappa shape index (κ2) is 7.25. The van der Waals surface area contributed by atoms with Crippen LogP contribution in [0.25, 0.3) is 22.0 Å². The predicted molar refractivity (Wildman–Crippen MR) is 132 cm³/mol. The third-order valence-electron chi connectivity index (χ3n) is 6.62. The molecule has 170 valence electrons. The van der Waals surface area contributed by atoms with Gasteiger partial charge in [-0.25, -0.2) is 13.4 Å². The van der Waals surface area contributed by atoms with E-state index in [4.69, 9.17) is 11.6 Å². The number of halogens is 1. The zero-order valence-corrected chi connectivity index (χ0v) is 19.7. The zero-order valence-electron chi connectivity index (χ0n) is 18.1. The molecule has 0 unspecified atom stereocenters. The molecule has 1 aliphatic heterocycles. The fourth-order valence-electron chi connectivity index (χ4n) is 4.73. The van der Waals surface area contributed by atoms with Crippen molar-refractivity contribution >= 4 is 49.8 Å². The van der Waals surface area contributed by atoms with E-state index in [2.05, 4.69) is 14.7 Å². The Morgan fingerprint density at radius 3 is 2.50 bits per heavy atom. The molecule has 1 N–H and O–H groups in total. The number of pyridine rings is 2. The molecule has 1 saturated carbocycles. The van der Waals surface area contributed by atoms with E-state index in [0.717, 1.165) is 40.6 Å². The van der Waals surface area contributed by atoms with Crippen LogP contribution < -0.4 is 9.62 Å². The fourth-order valence-corrected chi connectivity index (χ4v) is 6.01. The Morgan fingerprint density at radius 1 is 1.00 bits per heavy atom. The van der Waals surface area contributed by atoms with Crippen LogP contribution >= 0.6 is 11.6 Å². The summed E-state index contributed by atoms with van der Waals surface area (Å²) in [5.41, 5.74) is 3.94. The lowest BCUT2D eigenvalue weighted by atomic mass is 9.92. The van der Waals surface area contributed by atoms with Crippen molar-refractivity contribution in [2.75, 3.05) is 16.7 Å². The van der Waals surface area contributed by atoms with Gasteiger partial charge in [0, 0.05) is 29.8 Å². The van der Waals surface area contributed by atoms with Crippen LogP contribution in [0.3, 0.4) is 0 Å². The molecule has 4 aromatic rings. The Bertz CT molecular complexity index is 1600. The fraction of sp³-hybridized carbons (Fsp3) is 0.160. The molecule has 0 atom stereocenters. The molecule has 2 aliphatic rings. The number of nitrogens with zero attached hydrogens (tertiary/aromatic N) is 3. The summed E-state index contributed by atoms with van der Waals surface area (Å²) < 4.78 is 28.1. The van der Waals surface area contributed by atoms with Crippen molar-refractivity contribution < 1.29 is 13.2 Å². The maximum absolute atomic E-state index is 12.9. The topological polar surface area (TPSA) is 92.3 Å². The number of benzene rings is 2. The number of amides is 1. The molecule has 34 heavy (non-hydrogen) atoms. The van der Waals surface area contributed by atoms with Crippen LogP contribution in [-0.4, -0.2) is 31.3 Å². The van der Waals surface area contributed by atoms with Crippen molar-refractivity contribution in [3.63, 3.8) is 0 Å². The van der Waals surface area contributed by atoms with Gasteiger partial charge in [0.2, 0.25) is 5.91 Å². The maximum atomic E-state index is 12.9. The standard InChI is InChI=1S/C25H19ClN4O3S/c1-30-21-14-27-19-8-7-15(11-18(19)22(21)25(9-10-25)24(30)31)16-12-20(23(26)28-13-16)29-34(32,33)17-5-3-2-4-6-17/h2-8,11-14,29H,9-10H2,1H3. The van der Waals surface area contributed by atoms with E-state index in [1.54, 1.807) is 48.6 Å². The van der Waals surface area contributed by atoms with E-state index in [-0.39, 0.29) is 21.6 Å². The first-order chi connectivity index (χ1) is 16.3. The molecule has 0 bridgehead atoms. The number of anilines is 2. The predicted octanol–water partition coefficient (Wildman–Crippen LogP) is 4.76. The normalized spacial score (nSPS) is 16.2. The van der Waals surface area contributed by atoms with Gasteiger partial charge in [-0.3, -0.25) is 14.5 Å². The SMILES string of the molecule is CN1C(=O)C2(CC2)c2c1cnc1ccc(-c3cnc(Cl)c(NS(=O)(=O)c4ccccc4)c3)cc21. The number of fused-ring (bicyclic) bond motifs is 4. The van der Waals surface area contributed by atoms with Crippen molar-refractivity contribution in [2.24, 2.45) is 0 Å². The lowest BCUT2D eigenvalue weighted by Crippen LogP contribution is -2.28. The van der Waals surface area contributed by atoms with Gasteiger partial charge in [-0.15, -0.1) is 0 Å². The monoisotopic (exact) mass is 490 g/mol. The molecule has 7 nitrogen and oxygen atoms in total. The highest BCUT2D eigenvalue weighted by molar-refractivity contribution is 7.92. The third-order valence-corrected chi connectivity index (χ3v) is 8.30. The lowest BCUT2D eigenvalue weighted by Gasteiger charge is -2.13. The van der Waals surface area contributed by atoms with Gasteiger partial charge in [0.15, 0.2) is 5.15 Å². The Kier molecular flexibility index (Phi) is 4.49. The molecule has 2 aromatic heterocycles. The van der Waals surface area contributed by atoms with Crippen LogP contribution in [0.1, 0.15) is 18.4 Å². The highest BCUT2D eigenvalue weighted by Crippen LogP contribution is 2.58. The minimum Gasteiger partial charge on any atom is -0.313 e. The summed E-state index contributed by atoms with van der Waals surface area (Å²) in [7, 11) is -2.03. The van der Waals surface area contributed by atoms with E-state index < -0.39 is 15.4 Å². The summed E-state index contributed by atoms with van der Waals surface area (Å²) in [4.78, 5) is 23.5. The number of hydrogen-bond acceptors (Lipinski definition) is 5. The number of carbonyl (C=O) groups excluding carboxylic acids is 1. The Balaban J connectivity index is 1.44.